The van der Waals surface area contributed by atoms with Gasteiger partial charge in [-0.3, -0.25) is 0 Å². The highest BCUT2D eigenvalue weighted by molar-refractivity contribution is 7.38. The number of primary amides is 2. The van der Waals surface area contributed by atoms with Crippen LogP contribution in [0.3, 0.4) is 0 Å². The molecule has 6 N–H and O–H groups in total. The van der Waals surface area contributed by atoms with Gasteiger partial charge in [0.15, 0.2) is 0 Å². The third-order valence-corrected chi connectivity index (χ3v) is 2.02. The van der Waals surface area contributed by atoms with Gasteiger partial charge in [0.05, 0.1) is 0 Å². The fourth-order valence-electron chi connectivity index (χ4n) is 0.753. The van der Waals surface area contributed by atoms with Gasteiger partial charge in [-0.05, 0) is 4.57 Å². The lowest BCUT2D eigenvalue weighted by Crippen LogP contribution is -2.18. The summed E-state index contributed by atoms with van der Waals surface area (Å²) >= 11 is 0. The predicted molar refractivity (Wildman–Crippen MR) is 55.0 cm³/mol. The number of carbonyl (C=O) groups is 1. The van der Waals surface area contributed by atoms with Crippen LogP contribution in [0.15, 0.2) is 30.3 Å². The van der Waals surface area contributed by atoms with Crippen molar-refractivity contribution in [1.29, 1.82) is 0 Å². The highest BCUT2D eigenvalue weighted by Crippen LogP contribution is 2.34. The summed E-state index contributed by atoms with van der Waals surface area (Å²) in [4.78, 5) is 17.5. The van der Waals surface area contributed by atoms with Gasteiger partial charge in [0.25, 0.3) is 0 Å². The molecule has 7 heteroatoms. The molecule has 0 aliphatic heterocycles. The molecule has 0 aliphatic carbocycles. The highest BCUT2D eigenvalue weighted by atomic mass is 31.1. The van der Waals surface area contributed by atoms with Crippen LogP contribution in [-0.2, 0) is 4.57 Å². The van der Waals surface area contributed by atoms with Crippen LogP contribution in [-0.4, -0.2) is 16.0 Å². The number of hydrogen-bond donors (Lipinski definition) is 4. The summed E-state index contributed by atoms with van der Waals surface area (Å²) in [5, 5.41) is 9.06. The molecule has 0 aromatic heterocycles. The van der Waals surface area contributed by atoms with Gasteiger partial charge in [-0.25, -0.2) is 4.79 Å². The first-order valence-corrected chi connectivity index (χ1v) is 5.16. The fraction of sp³-hybridized carbons (Fsp3) is 0.125. The lowest BCUT2D eigenvalue weighted by Gasteiger charge is -1.94. The van der Waals surface area contributed by atoms with Gasteiger partial charge in [-0.2, -0.15) is 4.89 Å². The summed E-state index contributed by atoms with van der Waals surface area (Å²) < 4.78 is 10.4. The zero-order chi connectivity index (χ0) is 11.8. The van der Waals surface area contributed by atoms with E-state index in [0.29, 0.717) is 5.56 Å². The van der Waals surface area contributed by atoms with E-state index in [2.05, 4.69) is 11.5 Å². The first-order chi connectivity index (χ1) is 6.95. The Balaban J connectivity index is 0.000000423. The molecule has 0 saturated heterocycles. The van der Waals surface area contributed by atoms with Gasteiger partial charge in [0, 0.05) is 5.56 Å². The summed E-state index contributed by atoms with van der Waals surface area (Å²) in [7, 11) is -2.53. The molecule has 0 fully saturated rings. The van der Waals surface area contributed by atoms with Crippen molar-refractivity contribution < 1.29 is 19.4 Å². The largest absolute Gasteiger partial charge is 0.542 e. The van der Waals surface area contributed by atoms with E-state index in [9.17, 15) is 4.57 Å². The zero-order valence-electron chi connectivity index (χ0n) is 7.78. The molecule has 0 spiro atoms. The fourth-order valence-corrected chi connectivity index (χ4v) is 1.18. The number of amides is 2. The van der Waals surface area contributed by atoms with Gasteiger partial charge in [-0.15, -0.1) is 0 Å². The predicted octanol–water partition coefficient (Wildman–Crippen LogP) is 0.436. The molecule has 82 valence electrons. The van der Waals surface area contributed by atoms with E-state index in [0.717, 1.165) is 0 Å². The molecule has 0 aliphatic rings. The SMILES string of the molecule is NC(N)=O.O=[P+](O)C(O)c1ccccc1. The monoisotopic (exact) mass is 231 g/mol. The second kappa shape index (κ2) is 6.89. The van der Waals surface area contributed by atoms with Crippen LogP contribution in [0.25, 0.3) is 0 Å². The Bertz CT molecular complexity index is 327. The molecule has 2 amide bonds. The van der Waals surface area contributed by atoms with Crippen molar-refractivity contribution in [3.05, 3.63) is 35.9 Å². The molecular formula is C8H12N2O4P+. The van der Waals surface area contributed by atoms with Gasteiger partial charge in [0.1, 0.15) is 0 Å². The van der Waals surface area contributed by atoms with Crippen LogP contribution in [0.2, 0.25) is 0 Å². The maximum atomic E-state index is 10.4. The second-order valence-corrected chi connectivity index (χ2v) is 3.58. The minimum Gasteiger partial charge on any atom is -0.352 e. The summed E-state index contributed by atoms with van der Waals surface area (Å²) in [6, 6.07) is 7.57. The Morgan fingerprint density at radius 2 is 1.67 bits per heavy atom. The summed E-state index contributed by atoms with van der Waals surface area (Å²) in [5.74, 6) is -1.26. The molecule has 0 saturated carbocycles. The maximum absolute atomic E-state index is 10.4. The maximum Gasteiger partial charge on any atom is 0.542 e. The van der Waals surface area contributed by atoms with Crippen LogP contribution >= 0.6 is 8.03 Å². The molecule has 1 aromatic rings. The van der Waals surface area contributed by atoms with Crippen molar-refractivity contribution in [3.8, 4) is 0 Å². The molecule has 0 heterocycles. The van der Waals surface area contributed by atoms with Crippen molar-refractivity contribution >= 4 is 14.1 Å². The van der Waals surface area contributed by atoms with Gasteiger partial charge >= 0.3 is 19.9 Å². The first-order valence-electron chi connectivity index (χ1n) is 3.88. The molecule has 2 unspecified atom stereocenters. The van der Waals surface area contributed by atoms with Crippen molar-refractivity contribution in [2.45, 2.75) is 5.85 Å². The van der Waals surface area contributed by atoms with E-state index >= 15 is 0 Å². The molecular weight excluding hydrogens is 219 g/mol. The number of carbonyl (C=O) groups excluding carboxylic acids is 1. The molecule has 1 rings (SSSR count). The number of aliphatic hydroxyl groups excluding tert-OH is 1. The number of aliphatic hydroxyl groups is 1. The lowest BCUT2D eigenvalue weighted by molar-refractivity contribution is 0.243. The molecule has 6 nitrogen and oxygen atoms in total. The van der Waals surface area contributed by atoms with Crippen molar-refractivity contribution in [2.24, 2.45) is 11.5 Å². The van der Waals surface area contributed by atoms with Crippen LogP contribution in [0.1, 0.15) is 11.4 Å². The Morgan fingerprint density at radius 1 is 1.27 bits per heavy atom. The van der Waals surface area contributed by atoms with Crippen molar-refractivity contribution in [2.75, 3.05) is 0 Å². The van der Waals surface area contributed by atoms with Crippen molar-refractivity contribution in [1.82, 2.24) is 0 Å². The second-order valence-electron chi connectivity index (χ2n) is 2.49. The van der Waals surface area contributed by atoms with Crippen LogP contribution in [0, 0.1) is 0 Å². The van der Waals surface area contributed by atoms with E-state index < -0.39 is 19.9 Å². The number of benzene rings is 1. The molecule has 15 heavy (non-hydrogen) atoms. The number of nitrogens with two attached hydrogens (primary N) is 2. The Hall–Kier alpha value is -1.49. The third-order valence-electron chi connectivity index (χ3n) is 1.31. The smallest absolute Gasteiger partial charge is 0.352 e. The first kappa shape index (κ1) is 13.5. The Kier molecular flexibility index (Phi) is 6.21. The number of rotatable bonds is 2. The lowest BCUT2D eigenvalue weighted by atomic mass is 10.2. The summed E-state index contributed by atoms with van der Waals surface area (Å²) in [6.07, 6.45) is 0. The van der Waals surface area contributed by atoms with Crippen LogP contribution in [0.5, 0.6) is 0 Å². The van der Waals surface area contributed by atoms with E-state index in [4.69, 9.17) is 14.8 Å². The summed E-state index contributed by atoms with van der Waals surface area (Å²) in [5.41, 5.74) is 8.97. The molecule has 2 atom stereocenters. The minimum absolute atomic E-state index is 0.469. The third kappa shape index (κ3) is 6.56. The van der Waals surface area contributed by atoms with Crippen molar-refractivity contribution in [3.63, 3.8) is 0 Å². The minimum atomic E-state index is -2.53. The van der Waals surface area contributed by atoms with Gasteiger partial charge < -0.3 is 16.6 Å². The zero-order valence-corrected chi connectivity index (χ0v) is 8.67. The quantitative estimate of drug-likeness (QED) is 0.550. The van der Waals surface area contributed by atoms with Crippen LogP contribution < -0.4 is 11.5 Å². The van der Waals surface area contributed by atoms with Gasteiger partial charge in [-0.1, -0.05) is 30.3 Å². The van der Waals surface area contributed by atoms with E-state index in [1.165, 1.54) is 0 Å². The van der Waals surface area contributed by atoms with E-state index in [1.54, 1.807) is 30.3 Å². The topological polar surface area (TPSA) is 127 Å². The summed E-state index contributed by atoms with van der Waals surface area (Å²) in [6.45, 7) is 0. The normalized spacial score (nSPS) is 12.0. The molecule has 1 aromatic carbocycles. The number of hydrogen-bond acceptors (Lipinski definition) is 3. The number of urea groups is 1. The van der Waals surface area contributed by atoms with Gasteiger partial charge in [0.2, 0.25) is 0 Å². The average molecular weight is 231 g/mol. The Morgan fingerprint density at radius 3 is 2.00 bits per heavy atom. The standard InChI is InChI=1S/C7H7O3P.CH4N2O/c8-7(11(9)10)6-4-2-1-3-5-6;2-1(3)4/h1-5,7-8H;(H4,2,3,4)/p+1. The average Bonchev–Trinajstić information content (AvgIpc) is 2.17. The highest BCUT2D eigenvalue weighted by Gasteiger charge is 2.27. The van der Waals surface area contributed by atoms with Crippen LogP contribution in [0.4, 0.5) is 4.79 Å². The van der Waals surface area contributed by atoms with E-state index in [-0.39, 0.29) is 0 Å². The Labute approximate surface area is 87.4 Å². The molecule has 0 radical (unpaired) electrons. The molecule has 0 bridgehead atoms. The van der Waals surface area contributed by atoms with E-state index in [1.807, 2.05) is 0 Å².